The number of halogens is 1. The van der Waals surface area contributed by atoms with E-state index in [1.165, 1.54) is 31.2 Å². The first kappa shape index (κ1) is 11.2. The highest BCUT2D eigenvalue weighted by atomic mass is 19.1. The van der Waals surface area contributed by atoms with Gasteiger partial charge >= 0.3 is 0 Å². The number of hydrogen-bond acceptors (Lipinski definition) is 3. The summed E-state index contributed by atoms with van der Waals surface area (Å²) >= 11 is 0. The first-order valence-corrected chi connectivity index (χ1v) is 4.94. The van der Waals surface area contributed by atoms with Gasteiger partial charge in [0.25, 0.3) is 0 Å². The van der Waals surface area contributed by atoms with Crippen molar-refractivity contribution in [1.82, 2.24) is 10.2 Å². The molecule has 2 rings (SSSR count). The lowest BCUT2D eigenvalue weighted by Gasteiger charge is -2.00. The molecule has 0 unspecified atom stereocenters. The lowest BCUT2D eigenvalue weighted by Crippen LogP contribution is -2.04. The van der Waals surface area contributed by atoms with E-state index >= 15 is 0 Å². The van der Waals surface area contributed by atoms with Crippen molar-refractivity contribution in [3.05, 3.63) is 53.1 Å². The molecule has 0 bridgehead atoms. The van der Waals surface area contributed by atoms with E-state index in [0.29, 0.717) is 11.1 Å². The fraction of sp³-hybridized carbons (Fsp3) is 0.0833. The minimum Gasteiger partial charge on any atom is -0.295 e. The predicted octanol–water partition coefficient (Wildman–Crippen LogP) is 1.98. The summed E-state index contributed by atoms with van der Waals surface area (Å²) in [6.07, 6.45) is 0.942. The van der Waals surface area contributed by atoms with Gasteiger partial charge in [-0.05, 0) is 6.92 Å². The van der Waals surface area contributed by atoms with Gasteiger partial charge < -0.3 is 0 Å². The molecule has 0 atom stereocenters. The number of ketones is 2. The van der Waals surface area contributed by atoms with Crippen LogP contribution >= 0.6 is 0 Å². The zero-order chi connectivity index (χ0) is 12.4. The number of hydrogen-bond donors (Lipinski definition) is 1. The number of nitrogens with one attached hydrogen (secondary N) is 1. The Bertz CT molecular complexity index is 572. The lowest BCUT2D eigenvalue weighted by atomic mass is 10.0. The summed E-state index contributed by atoms with van der Waals surface area (Å²) in [6, 6.07) is 6.03. The fourth-order valence-electron chi connectivity index (χ4n) is 1.43. The van der Waals surface area contributed by atoms with Crippen LogP contribution in [0.15, 0.2) is 30.5 Å². The number of aromatic amines is 1. The number of rotatable bonds is 3. The zero-order valence-electron chi connectivity index (χ0n) is 9.03. The van der Waals surface area contributed by atoms with Crippen molar-refractivity contribution >= 4 is 11.6 Å². The van der Waals surface area contributed by atoms with Crippen LogP contribution in [-0.2, 0) is 0 Å². The van der Waals surface area contributed by atoms with Crippen molar-refractivity contribution in [3.8, 4) is 0 Å². The number of H-pyrrole nitrogens is 1. The topological polar surface area (TPSA) is 62.8 Å². The van der Waals surface area contributed by atoms with Crippen LogP contribution in [-0.4, -0.2) is 21.8 Å². The maximum Gasteiger partial charge on any atom is 0.213 e. The third kappa shape index (κ3) is 2.13. The molecule has 0 amide bonds. The minimum atomic E-state index is -0.689. The van der Waals surface area contributed by atoms with Crippen LogP contribution in [0.25, 0.3) is 0 Å². The van der Waals surface area contributed by atoms with Gasteiger partial charge in [-0.1, -0.05) is 24.3 Å². The van der Waals surface area contributed by atoms with E-state index in [-0.39, 0.29) is 11.5 Å². The molecule has 0 aliphatic heterocycles. The molecular formula is C12H9FN2O2. The smallest absolute Gasteiger partial charge is 0.213 e. The van der Waals surface area contributed by atoms with Crippen molar-refractivity contribution in [2.24, 2.45) is 0 Å². The van der Waals surface area contributed by atoms with Gasteiger partial charge in [-0.15, -0.1) is 0 Å². The molecule has 17 heavy (non-hydrogen) atoms. The second kappa shape index (κ2) is 4.29. The number of carbonyl (C=O) groups excluding carboxylic acids is 2. The van der Waals surface area contributed by atoms with Gasteiger partial charge in [0.05, 0.1) is 6.20 Å². The van der Waals surface area contributed by atoms with E-state index in [0.717, 1.165) is 6.20 Å². The van der Waals surface area contributed by atoms with Crippen molar-refractivity contribution in [2.75, 3.05) is 0 Å². The minimum absolute atomic E-state index is 0.0864. The Morgan fingerprint density at radius 1 is 1.18 bits per heavy atom. The highest BCUT2D eigenvalue weighted by Gasteiger charge is 2.15. The third-order valence-corrected chi connectivity index (χ3v) is 2.37. The Balaban J connectivity index is 2.33. The first-order chi connectivity index (χ1) is 8.09. The van der Waals surface area contributed by atoms with E-state index < -0.39 is 11.6 Å². The number of Topliss-reactive ketones (excluding diaryl/α,β-unsaturated/α-hetero) is 1. The largest absolute Gasteiger partial charge is 0.295 e. The summed E-state index contributed by atoms with van der Waals surface area (Å²) in [5.74, 6) is -1.27. The SMILES string of the molecule is CC(=O)c1ccc(C(=O)c2[nH]ncc2F)cc1. The molecule has 0 saturated carbocycles. The normalized spacial score (nSPS) is 10.2. The summed E-state index contributed by atoms with van der Waals surface area (Å²) in [5, 5.41) is 5.74. The fourth-order valence-corrected chi connectivity index (χ4v) is 1.43. The first-order valence-electron chi connectivity index (χ1n) is 4.94. The molecular weight excluding hydrogens is 223 g/mol. The van der Waals surface area contributed by atoms with Crippen LogP contribution in [0.4, 0.5) is 4.39 Å². The average molecular weight is 232 g/mol. The third-order valence-electron chi connectivity index (χ3n) is 2.37. The van der Waals surface area contributed by atoms with Crippen molar-refractivity contribution in [2.45, 2.75) is 6.92 Å². The van der Waals surface area contributed by atoms with Crippen molar-refractivity contribution in [1.29, 1.82) is 0 Å². The maximum atomic E-state index is 13.1. The molecule has 4 nitrogen and oxygen atoms in total. The summed E-state index contributed by atoms with van der Waals surface area (Å²) in [5.41, 5.74) is 0.630. The number of benzene rings is 1. The molecule has 1 heterocycles. The van der Waals surface area contributed by atoms with Crippen LogP contribution in [0.3, 0.4) is 0 Å². The molecule has 0 fully saturated rings. The molecule has 2 aromatic rings. The Kier molecular flexibility index (Phi) is 2.82. The van der Waals surface area contributed by atoms with E-state index in [1.807, 2.05) is 0 Å². The van der Waals surface area contributed by atoms with Gasteiger partial charge in [0.15, 0.2) is 11.6 Å². The Morgan fingerprint density at radius 2 is 1.76 bits per heavy atom. The summed E-state index contributed by atoms with van der Waals surface area (Å²) < 4.78 is 13.1. The quantitative estimate of drug-likeness (QED) is 0.823. The van der Waals surface area contributed by atoms with Crippen LogP contribution in [0, 0.1) is 5.82 Å². The van der Waals surface area contributed by atoms with E-state index in [2.05, 4.69) is 10.2 Å². The van der Waals surface area contributed by atoms with Crippen LogP contribution in [0.2, 0.25) is 0 Å². The van der Waals surface area contributed by atoms with E-state index in [1.54, 1.807) is 0 Å². The second-order valence-electron chi connectivity index (χ2n) is 3.56. The van der Waals surface area contributed by atoms with Gasteiger partial charge in [0, 0.05) is 11.1 Å². The summed E-state index contributed by atoms with van der Waals surface area (Å²) in [4.78, 5) is 22.9. The average Bonchev–Trinajstić information content (AvgIpc) is 2.74. The molecule has 0 aliphatic rings. The van der Waals surface area contributed by atoms with Gasteiger partial charge in [-0.3, -0.25) is 14.7 Å². The van der Waals surface area contributed by atoms with Gasteiger partial charge in [0.1, 0.15) is 5.69 Å². The van der Waals surface area contributed by atoms with Crippen LogP contribution < -0.4 is 0 Å². The second-order valence-corrected chi connectivity index (χ2v) is 3.56. The highest BCUT2D eigenvalue weighted by molar-refractivity contribution is 6.08. The monoisotopic (exact) mass is 232 g/mol. The molecule has 0 saturated heterocycles. The molecule has 0 radical (unpaired) electrons. The van der Waals surface area contributed by atoms with E-state index in [9.17, 15) is 14.0 Å². The van der Waals surface area contributed by atoms with Crippen molar-refractivity contribution in [3.63, 3.8) is 0 Å². The lowest BCUT2D eigenvalue weighted by molar-refractivity contribution is 0.101. The Morgan fingerprint density at radius 3 is 2.24 bits per heavy atom. The molecule has 1 N–H and O–H groups in total. The molecule has 86 valence electrons. The van der Waals surface area contributed by atoms with Crippen LogP contribution in [0.1, 0.15) is 33.3 Å². The highest BCUT2D eigenvalue weighted by Crippen LogP contribution is 2.12. The molecule has 0 aliphatic carbocycles. The zero-order valence-corrected chi connectivity index (χ0v) is 9.03. The maximum absolute atomic E-state index is 13.1. The number of carbonyl (C=O) groups is 2. The standard InChI is InChI=1S/C12H9FN2O2/c1-7(16)8-2-4-9(5-3-8)12(17)11-10(13)6-14-15-11/h2-6H,1H3,(H,14,15). The molecule has 1 aromatic heterocycles. The van der Waals surface area contributed by atoms with Crippen molar-refractivity contribution < 1.29 is 14.0 Å². The summed E-state index contributed by atoms with van der Waals surface area (Å²) in [7, 11) is 0. The Labute approximate surface area is 96.5 Å². The van der Waals surface area contributed by atoms with Gasteiger partial charge in [-0.2, -0.15) is 5.10 Å². The number of nitrogens with zero attached hydrogens (tertiary/aromatic N) is 1. The molecule has 0 spiro atoms. The number of aromatic nitrogens is 2. The Hall–Kier alpha value is -2.30. The van der Waals surface area contributed by atoms with Crippen LogP contribution in [0.5, 0.6) is 0 Å². The molecule has 1 aromatic carbocycles. The van der Waals surface area contributed by atoms with Gasteiger partial charge in [0.2, 0.25) is 5.78 Å². The summed E-state index contributed by atoms with van der Waals surface area (Å²) in [6.45, 7) is 1.44. The predicted molar refractivity (Wildman–Crippen MR) is 58.4 cm³/mol. The van der Waals surface area contributed by atoms with Gasteiger partial charge in [-0.25, -0.2) is 4.39 Å². The molecule has 5 heteroatoms. The van der Waals surface area contributed by atoms with E-state index in [4.69, 9.17) is 0 Å².